The van der Waals surface area contributed by atoms with Gasteiger partial charge in [0.1, 0.15) is 0 Å². The van der Waals surface area contributed by atoms with Gasteiger partial charge in [-0.2, -0.15) is 8.42 Å². The number of fused-ring (bicyclic) bond motifs is 5. The van der Waals surface area contributed by atoms with Crippen molar-refractivity contribution in [3.8, 4) is 0 Å². The lowest BCUT2D eigenvalue weighted by Crippen LogP contribution is -2.69. The summed E-state index contributed by atoms with van der Waals surface area (Å²) in [5, 5.41) is 44.8. The predicted octanol–water partition coefficient (Wildman–Crippen LogP) is 3.96. The van der Waals surface area contributed by atoms with Gasteiger partial charge in [0, 0.05) is 11.8 Å². The zero-order chi connectivity index (χ0) is 28.3. The Labute approximate surface area is 229 Å². The lowest BCUT2D eigenvalue weighted by atomic mass is 9.42. The Morgan fingerprint density at radius 2 is 1.66 bits per heavy atom. The van der Waals surface area contributed by atoms with Crippen LogP contribution in [-0.4, -0.2) is 63.9 Å². The molecule has 38 heavy (non-hydrogen) atoms. The summed E-state index contributed by atoms with van der Waals surface area (Å²) in [5.74, 6) is 1.82. The van der Waals surface area contributed by atoms with Gasteiger partial charge < -0.3 is 20.4 Å². The second-order valence-corrected chi connectivity index (χ2v) is 15.4. The van der Waals surface area contributed by atoms with Gasteiger partial charge in [-0.1, -0.05) is 41.0 Å². The van der Waals surface area contributed by atoms with Crippen LogP contribution in [0.3, 0.4) is 0 Å². The first-order valence-electron chi connectivity index (χ1n) is 14.9. The summed E-state index contributed by atoms with van der Waals surface area (Å²) in [6.45, 7) is 11.0. The van der Waals surface area contributed by atoms with E-state index in [-0.39, 0.29) is 42.1 Å². The molecule has 4 fully saturated rings. The molecule has 0 aromatic rings. The van der Waals surface area contributed by atoms with Gasteiger partial charge in [0.25, 0.3) is 0 Å². The molecule has 4 saturated carbocycles. The average Bonchev–Trinajstić information content (AvgIpc) is 3.08. The van der Waals surface area contributed by atoms with Gasteiger partial charge in [-0.05, 0) is 98.2 Å². The molecular formula is C29H52O8S. The summed E-state index contributed by atoms with van der Waals surface area (Å²) >= 11 is 0. The van der Waals surface area contributed by atoms with Crippen LogP contribution >= 0.6 is 0 Å². The van der Waals surface area contributed by atoms with Gasteiger partial charge in [0.2, 0.25) is 0 Å². The monoisotopic (exact) mass is 560 g/mol. The molecule has 4 aliphatic rings. The molecule has 0 spiro atoms. The van der Waals surface area contributed by atoms with Crippen molar-refractivity contribution in [1.29, 1.82) is 0 Å². The smallest absolute Gasteiger partial charge is 0.393 e. The number of hydrogen-bond donors (Lipinski definition) is 5. The molecular weight excluding hydrogens is 508 g/mol. The molecule has 3 unspecified atom stereocenters. The van der Waals surface area contributed by atoms with Crippen LogP contribution < -0.4 is 0 Å². The molecule has 0 aliphatic heterocycles. The van der Waals surface area contributed by atoms with Crippen LogP contribution in [0.4, 0.5) is 0 Å². The van der Waals surface area contributed by atoms with E-state index < -0.39 is 39.7 Å². The molecule has 0 radical (unpaired) electrons. The lowest BCUT2D eigenvalue weighted by Gasteiger charge is -2.65. The Balaban J connectivity index is 1.47. The molecule has 0 aromatic heterocycles. The third-order valence-corrected chi connectivity index (χ3v) is 12.7. The maximum absolute atomic E-state index is 11.7. The van der Waals surface area contributed by atoms with Crippen molar-refractivity contribution >= 4 is 10.4 Å². The second kappa shape index (κ2) is 10.8. The summed E-state index contributed by atoms with van der Waals surface area (Å²) in [6, 6.07) is 0. The minimum Gasteiger partial charge on any atom is -0.393 e. The summed E-state index contributed by atoms with van der Waals surface area (Å²) in [5.41, 5.74) is -1.78. The lowest BCUT2D eigenvalue weighted by molar-refractivity contribution is -0.268. The second-order valence-electron chi connectivity index (χ2n) is 14.3. The number of rotatable bonds is 9. The summed E-state index contributed by atoms with van der Waals surface area (Å²) in [7, 11) is -4.42. The third kappa shape index (κ3) is 5.35. The highest BCUT2D eigenvalue weighted by Gasteiger charge is 2.68. The Kier molecular flexibility index (Phi) is 8.75. The maximum atomic E-state index is 11.7. The zero-order valence-corrected chi connectivity index (χ0v) is 24.7. The van der Waals surface area contributed by atoms with Gasteiger partial charge in [-0.15, -0.1) is 0 Å². The predicted molar refractivity (Wildman–Crippen MR) is 144 cm³/mol. The fraction of sp³-hybridized carbons (Fsp3) is 1.00. The first-order chi connectivity index (χ1) is 17.5. The van der Waals surface area contributed by atoms with E-state index in [4.69, 9.17) is 4.55 Å². The topological polar surface area (TPSA) is 145 Å². The number of hydrogen-bond acceptors (Lipinski definition) is 7. The summed E-state index contributed by atoms with van der Waals surface area (Å²) in [6.07, 6.45) is 5.31. The van der Waals surface area contributed by atoms with E-state index in [1.807, 2.05) is 0 Å². The Hall–Kier alpha value is -0.290. The summed E-state index contributed by atoms with van der Waals surface area (Å²) < 4.78 is 35.3. The highest BCUT2D eigenvalue weighted by molar-refractivity contribution is 7.80. The SMILES string of the molecule is CC(C)[C@@H](CCOS(=O)(=O)O)CC[C@@H](C)[C@H]1C[C@H](O)C2C3C[C@@H](O)[C@@]4(O)C[C@@H](O)CC[C@]4(C)C3CC[C@@]21C. The highest BCUT2D eigenvalue weighted by Crippen LogP contribution is 2.69. The standard InChI is InChI=1S/C29H52O8S/c1-17(2)19(10-13-37-38(34,35)36)7-6-18(3)23-15-24(31)26-21-14-25(32)29(33)16-20(30)8-12-28(29,5)22(21)9-11-27(23,26)4/h17-26,30-33H,6-16H2,1-5H3,(H,34,35,36)/t18-,19-,20+,21?,22?,23-,24+,25-,26?,27-,28-,29+/m1/s1. The summed E-state index contributed by atoms with van der Waals surface area (Å²) in [4.78, 5) is 0. The van der Waals surface area contributed by atoms with Crippen LogP contribution in [0.25, 0.3) is 0 Å². The average molecular weight is 561 g/mol. The van der Waals surface area contributed by atoms with E-state index >= 15 is 0 Å². The molecule has 0 saturated heterocycles. The number of aliphatic hydroxyl groups excluding tert-OH is 3. The van der Waals surface area contributed by atoms with Crippen LogP contribution in [0.5, 0.6) is 0 Å². The van der Waals surface area contributed by atoms with Gasteiger partial charge in [-0.3, -0.25) is 4.55 Å². The quantitative estimate of drug-likeness (QED) is 0.267. The van der Waals surface area contributed by atoms with Gasteiger partial charge in [0.15, 0.2) is 0 Å². The van der Waals surface area contributed by atoms with Crippen molar-refractivity contribution < 1.29 is 37.6 Å². The first kappa shape index (κ1) is 30.7. The van der Waals surface area contributed by atoms with Gasteiger partial charge >= 0.3 is 10.4 Å². The largest absolute Gasteiger partial charge is 0.397 e. The Morgan fingerprint density at radius 1 is 0.974 bits per heavy atom. The van der Waals surface area contributed by atoms with Crippen molar-refractivity contribution in [3.05, 3.63) is 0 Å². The molecule has 5 N–H and O–H groups in total. The number of aliphatic hydroxyl groups is 4. The van der Waals surface area contributed by atoms with Crippen LogP contribution in [0.2, 0.25) is 0 Å². The van der Waals surface area contributed by atoms with E-state index in [2.05, 4.69) is 38.8 Å². The molecule has 0 aromatic carbocycles. The van der Waals surface area contributed by atoms with Crippen LogP contribution in [0, 0.1) is 52.3 Å². The van der Waals surface area contributed by atoms with E-state index in [1.54, 1.807) is 0 Å². The fourth-order valence-corrected chi connectivity index (χ4v) is 10.4. The Morgan fingerprint density at radius 3 is 2.29 bits per heavy atom. The van der Waals surface area contributed by atoms with Gasteiger partial charge in [-0.25, -0.2) is 4.18 Å². The Bertz CT molecular complexity index is 941. The van der Waals surface area contributed by atoms with Crippen molar-refractivity contribution in [3.63, 3.8) is 0 Å². The minimum absolute atomic E-state index is 0.0223. The van der Waals surface area contributed by atoms with Crippen molar-refractivity contribution in [2.45, 2.75) is 123 Å². The van der Waals surface area contributed by atoms with Crippen molar-refractivity contribution in [2.24, 2.45) is 52.3 Å². The normalized spacial score (nSPS) is 46.8. The minimum atomic E-state index is -4.42. The molecule has 4 aliphatic carbocycles. The van der Waals surface area contributed by atoms with Crippen molar-refractivity contribution in [1.82, 2.24) is 0 Å². The third-order valence-electron chi connectivity index (χ3n) is 12.2. The maximum Gasteiger partial charge on any atom is 0.397 e. The van der Waals surface area contributed by atoms with Crippen LogP contribution in [-0.2, 0) is 14.6 Å². The van der Waals surface area contributed by atoms with Crippen LogP contribution in [0.1, 0.15) is 98.8 Å². The first-order valence-corrected chi connectivity index (χ1v) is 16.3. The van der Waals surface area contributed by atoms with E-state index in [9.17, 15) is 28.8 Å². The molecule has 0 amide bonds. The van der Waals surface area contributed by atoms with Crippen molar-refractivity contribution in [2.75, 3.05) is 6.61 Å². The van der Waals surface area contributed by atoms with Crippen LogP contribution in [0.15, 0.2) is 0 Å². The molecule has 8 nitrogen and oxygen atoms in total. The van der Waals surface area contributed by atoms with E-state index in [1.165, 1.54) is 0 Å². The van der Waals surface area contributed by atoms with E-state index in [0.717, 1.165) is 32.1 Å². The molecule has 12 atom stereocenters. The zero-order valence-electron chi connectivity index (χ0n) is 23.9. The molecule has 0 heterocycles. The molecule has 0 bridgehead atoms. The highest BCUT2D eigenvalue weighted by atomic mass is 32.3. The molecule has 222 valence electrons. The van der Waals surface area contributed by atoms with Gasteiger partial charge in [0.05, 0.1) is 30.5 Å². The molecule has 4 rings (SSSR count). The fourth-order valence-electron chi connectivity index (χ4n) is 10.1. The molecule has 9 heteroatoms. The van der Waals surface area contributed by atoms with E-state index in [0.29, 0.717) is 43.4 Å².